The molecule has 0 amide bonds. The standard InChI is InChI=1S/C10H11BrN4O3/c11-4-1-15(10-7(17)5(16)2-18-10)9-6(4)8(12)13-3-14-9/h1,3,5,7,10,16-17H,2H2,(H2,12,13,14)/t5-,7-,10-/m1/s1. The molecule has 0 spiro atoms. The summed E-state index contributed by atoms with van der Waals surface area (Å²) in [5, 5.41) is 20.0. The van der Waals surface area contributed by atoms with E-state index in [4.69, 9.17) is 10.5 Å². The second-order valence-electron chi connectivity index (χ2n) is 4.12. The van der Waals surface area contributed by atoms with Gasteiger partial charge in [0.2, 0.25) is 0 Å². The summed E-state index contributed by atoms with van der Waals surface area (Å²) >= 11 is 3.37. The summed E-state index contributed by atoms with van der Waals surface area (Å²) < 4.78 is 7.72. The molecule has 3 rings (SSSR count). The number of anilines is 1. The predicted octanol–water partition coefficient (Wildman–Crippen LogP) is 0.0266. The molecule has 3 atom stereocenters. The molecule has 8 heteroatoms. The SMILES string of the molecule is Nc1ncnc2c1c(Br)cn2[C@@H]1OC[C@@H](O)[C@H]1O. The maximum absolute atomic E-state index is 9.86. The molecule has 1 aliphatic rings. The molecular weight excluding hydrogens is 304 g/mol. The van der Waals surface area contributed by atoms with E-state index in [1.54, 1.807) is 10.8 Å². The van der Waals surface area contributed by atoms with Gasteiger partial charge in [-0.25, -0.2) is 9.97 Å². The molecule has 0 aromatic carbocycles. The third-order valence-electron chi connectivity index (χ3n) is 2.99. The Kier molecular flexibility index (Phi) is 2.74. The maximum Gasteiger partial charge on any atom is 0.164 e. The van der Waals surface area contributed by atoms with Crippen molar-refractivity contribution in [3.8, 4) is 0 Å². The lowest BCUT2D eigenvalue weighted by atomic mass is 10.2. The van der Waals surface area contributed by atoms with Gasteiger partial charge in [-0.3, -0.25) is 0 Å². The second-order valence-corrected chi connectivity index (χ2v) is 4.98. The second kappa shape index (κ2) is 4.16. The number of hydrogen-bond donors (Lipinski definition) is 3. The predicted molar refractivity (Wildman–Crippen MR) is 66.6 cm³/mol. The molecule has 3 heterocycles. The Hall–Kier alpha value is -1.22. The summed E-state index contributed by atoms with van der Waals surface area (Å²) in [6, 6.07) is 0. The van der Waals surface area contributed by atoms with Crippen LogP contribution in [0.2, 0.25) is 0 Å². The molecule has 2 aromatic heterocycles. The quantitative estimate of drug-likeness (QED) is 0.685. The average Bonchev–Trinajstić information content (AvgIpc) is 2.83. The molecule has 0 aliphatic carbocycles. The number of aliphatic hydroxyl groups is 2. The summed E-state index contributed by atoms with van der Waals surface area (Å²) in [4.78, 5) is 8.05. The van der Waals surface area contributed by atoms with Crippen LogP contribution in [-0.2, 0) is 4.74 Å². The molecule has 96 valence electrons. The van der Waals surface area contributed by atoms with Crippen molar-refractivity contribution in [1.82, 2.24) is 14.5 Å². The van der Waals surface area contributed by atoms with E-state index in [2.05, 4.69) is 25.9 Å². The number of fused-ring (bicyclic) bond motifs is 1. The highest BCUT2D eigenvalue weighted by molar-refractivity contribution is 9.10. The van der Waals surface area contributed by atoms with Gasteiger partial charge >= 0.3 is 0 Å². The van der Waals surface area contributed by atoms with Crippen LogP contribution >= 0.6 is 15.9 Å². The zero-order valence-corrected chi connectivity index (χ0v) is 10.8. The summed E-state index contributed by atoms with van der Waals surface area (Å²) in [6.07, 6.45) is 0.484. The van der Waals surface area contributed by atoms with Crippen LogP contribution in [0.25, 0.3) is 11.0 Å². The van der Waals surface area contributed by atoms with Gasteiger partial charge in [-0.15, -0.1) is 0 Å². The van der Waals surface area contributed by atoms with Crippen LogP contribution < -0.4 is 5.73 Å². The van der Waals surface area contributed by atoms with Gasteiger partial charge in [0.25, 0.3) is 0 Å². The third kappa shape index (κ3) is 1.61. The van der Waals surface area contributed by atoms with E-state index in [0.29, 0.717) is 21.3 Å². The summed E-state index contributed by atoms with van der Waals surface area (Å²) in [6.45, 7) is 0.0870. The number of ether oxygens (including phenoxy) is 1. The summed E-state index contributed by atoms with van der Waals surface area (Å²) in [5.74, 6) is 0.346. The number of nitrogens with two attached hydrogens (primary N) is 1. The number of nitrogen functional groups attached to an aromatic ring is 1. The van der Waals surface area contributed by atoms with Crippen molar-refractivity contribution in [3.05, 3.63) is 17.0 Å². The minimum absolute atomic E-state index is 0.0870. The normalized spacial score (nSPS) is 28.1. The number of rotatable bonds is 1. The first kappa shape index (κ1) is 11.8. The van der Waals surface area contributed by atoms with Crippen LogP contribution in [-0.4, -0.2) is 43.6 Å². The molecule has 7 nitrogen and oxygen atoms in total. The summed E-state index contributed by atoms with van der Waals surface area (Å²) in [7, 11) is 0. The molecule has 0 radical (unpaired) electrons. The fourth-order valence-electron chi connectivity index (χ4n) is 2.09. The lowest BCUT2D eigenvalue weighted by Crippen LogP contribution is -2.28. The topological polar surface area (TPSA) is 106 Å². The minimum atomic E-state index is -0.997. The van der Waals surface area contributed by atoms with Crippen molar-refractivity contribution in [2.24, 2.45) is 0 Å². The molecule has 0 saturated carbocycles. The largest absolute Gasteiger partial charge is 0.388 e. The molecule has 18 heavy (non-hydrogen) atoms. The van der Waals surface area contributed by atoms with E-state index in [0.717, 1.165) is 0 Å². The van der Waals surface area contributed by atoms with E-state index in [-0.39, 0.29) is 6.61 Å². The lowest BCUT2D eigenvalue weighted by Gasteiger charge is -2.17. The van der Waals surface area contributed by atoms with Crippen molar-refractivity contribution < 1.29 is 14.9 Å². The van der Waals surface area contributed by atoms with Crippen LogP contribution in [0.3, 0.4) is 0 Å². The first-order chi connectivity index (χ1) is 8.59. The van der Waals surface area contributed by atoms with Gasteiger partial charge in [0, 0.05) is 10.7 Å². The molecule has 4 N–H and O–H groups in total. The fourth-order valence-corrected chi connectivity index (χ4v) is 2.69. The summed E-state index contributed by atoms with van der Waals surface area (Å²) in [5.41, 5.74) is 6.33. The minimum Gasteiger partial charge on any atom is -0.388 e. The van der Waals surface area contributed by atoms with E-state index in [1.807, 2.05) is 0 Å². The van der Waals surface area contributed by atoms with E-state index >= 15 is 0 Å². The van der Waals surface area contributed by atoms with Gasteiger partial charge in [0.1, 0.15) is 30.0 Å². The highest BCUT2D eigenvalue weighted by Gasteiger charge is 2.37. The van der Waals surface area contributed by atoms with Gasteiger partial charge in [-0.1, -0.05) is 0 Å². The molecule has 0 bridgehead atoms. The van der Waals surface area contributed by atoms with Gasteiger partial charge in [0.15, 0.2) is 6.23 Å². The van der Waals surface area contributed by atoms with Gasteiger partial charge < -0.3 is 25.3 Å². The molecule has 1 saturated heterocycles. The van der Waals surface area contributed by atoms with Crippen LogP contribution in [0, 0.1) is 0 Å². The molecule has 1 fully saturated rings. The Balaban J connectivity index is 2.16. The van der Waals surface area contributed by atoms with Crippen molar-refractivity contribution in [2.45, 2.75) is 18.4 Å². The number of aromatic nitrogens is 3. The smallest absolute Gasteiger partial charge is 0.164 e. The van der Waals surface area contributed by atoms with Crippen molar-refractivity contribution >= 4 is 32.8 Å². The Morgan fingerprint density at radius 2 is 2.22 bits per heavy atom. The van der Waals surface area contributed by atoms with Crippen molar-refractivity contribution in [2.75, 3.05) is 12.3 Å². The Labute approximate surface area is 110 Å². The van der Waals surface area contributed by atoms with Crippen LogP contribution in [0.15, 0.2) is 17.0 Å². The van der Waals surface area contributed by atoms with Crippen LogP contribution in [0.1, 0.15) is 6.23 Å². The van der Waals surface area contributed by atoms with Gasteiger partial charge in [-0.2, -0.15) is 0 Å². The van der Waals surface area contributed by atoms with Crippen LogP contribution in [0.5, 0.6) is 0 Å². The van der Waals surface area contributed by atoms with Gasteiger partial charge in [-0.05, 0) is 15.9 Å². The Bertz CT molecular complexity index is 602. The lowest BCUT2D eigenvalue weighted by molar-refractivity contribution is -0.0160. The molecule has 0 unspecified atom stereocenters. The number of aliphatic hydroxyl groups excluding tert-OH is 2. The Morgan fingerprint density at radius 3 is 2.89 bits per heavy atom. The number of halogens is 1. The van der Waals surface area contributed by atoms with E-state index in [9.17, 15) is 10.2 Å². The molecular formula is C10H11BrN4O3. The monoisotopic (exact) mass is 314 g/mol. The fraction of sp³-hybridized carbons (Fsp3) is 0.400. The zero-order valence-electron chi connectivity index (χ0n) is 9.19. The van der Waals surface area contributed by atoms with Gasteiger partial charge in [0.05, 0.1) is 12.0 Å². The first-order valence-electron chi connectivity index (χ1n) is 5.34. The van der Waals surface area contributed by atoms with Crippen LogP contribution in [0.4, 0.5) is 5.82 Å². The van der Waals surface area contributed by atoms with Crippen molar-refractivity contribution in [3.63, 3.8) is 0 Å². The Morgan fingerprint density at radius 1 is 1.44 bits per heavy atom. The number of nitrogens with zero attached hydrogens (tertiary/aromatic N) is 3. The van der Waals surface area contributed by atoms with E-state index in [1.165, 1.54) is 6.33 Å². The maximum atomic E-state index is 9.86. The average molecular weight is 315 g/mol. The molecule has 1 aliphatic heterocycles. The molecule has 2 aromatic rings. The van der Waals surface area contributed by atoms with Crippen molar-refractivity contribution in [1.29, 1.82) is 0 Å². The number of hydrogen-bond acceptors (Lipinski definition) is 6. The third-order valence-corrected chi connectivity index (χ3v) is 3.59. The zero-order chi connectivity index (χ0) is 12.9. The highest BCUT2D eigenvalue weighted by Crippen LogP contribution is 2.34. The van der Waals surface area contributed by atoms with E-state index < -0.39 is 18.4 Å². The first-order valence-corrected chi connectivity index (χ1v) is 6.13. The highest BCUT2D eigenvalue weighted by atomic mass is 79.9.